The molecule has 1 aliphatic rings. The second-order valence-electron chi connectivity index (χ2n) is 2.66. The van der Waals surface area contributed by atoms with Crippen LogP contribution < -0.4 is 0 Å². The number of aliphatic hydroxyl groups is 1. The largest absolute Gasteiger partial charge is 0.392 e. The third kappa shape index (κ3) is 17.7. The average molecular weight is 182 g/mol. The van der Waals surface area contributed by atoms with E-state index in [2.05, 4.69) is 0 Å². The summed E-state index contributed by atoms with van der Waals surface area (Å²) < 4.78 is 27.7. The summed E-state index contributed by atoms with van der Waals surface area (Å²) >= 11 is 0. The maximum Gasteiger partial charge on any atom is 0.267 e. The summed E-state index contributed by atoms with van der Waals surface area (Å²) in [6, 6.07) is 0. The van der Waals surface area contributed by atoms with Crippen molar-refractivity contribution in [2.24, 2.45) is 0 Å². The minimum absolute atomic E-state index is 0.590. The van der Waals surface area contributed by atoms with Gasteiger partial charge < -0.3 is 5.11 Å². The van der Waals surface area contributed by atoms with Gasteiger partial charge in [-0.2, -0.15) is 8.42 Å². The predicted octanol–water partition coefficient (Wildman–Crippen LogP) is 0.425. The van der Waals surface area contributed by atoms with Gasteiger partial charge in [-0.05, 0) is 6.92 Å². The van der Waals surface area contributed by atoms with Gasteiger partial charge in [0.2, 0.25) is 0 Å². The van der Waals surface area contributed by atoms with E-state index in [0.717, 1.165) is 0 Å². The van der Waals surface area contributed by atoms with Crippen LogP contribution in [0.2, 0.25) is 0 Å². The van der Waals surface area contributed by atoms with E-state index in [-0.39, 0.29) is 0 Å². The van der Waals surface area contributed by atoms with E-state index in [4.69, 9.17) is 9.66 Å². The van der Waals surface area contributed by atoms with E-state index in [9.17, 15) is 8.42 Å². The fourth-order valence-corrected chi connectivity index (χ4v) is 0.914. The molecular weight excluding hydrogens is 168 g/mol. The van der Waals surface area contributed by atoms with E-state index in [1.807, 2.05) is 0 Å². The summed E-state index contributed by atoms with van der Waals surface area (Å²) in [5.74, 6) is -0.590. The highest BCUT2D eigenvalue weighted by atomic mass is 32.2. The van der Waals surface area contributed by atoms with E-state index in [1.54, 1.807) is 0 Å². The van der Waals surface area contributed by atoms with Crippen LogP contribution in [0.3, 0.4) is 0 Å². The Morgan fingerprint density at radius 3 is 1.73 bits per heavy atom. The first kappa shape index (κ1) is 10.9. The lowest BCUT2D eigenvalue weighted by Crippen LogP contribution is -2.16. The Morgan fingerprint density at radius 2 is 1.73 bits per heavy atom. The Hall–Kier alpha value is -0.130. The molecule has 1 rings (SSSR count). The normalized spacial score (nSPS) is 18.1. The van der Waals surface area contributed by atoms with E-state index < -0.39 is 22.0 Å². The lowest BCUT2D eigenvalue weighted by molar-refractivity contribution is 0.215. The van der Waals surface area contributed by atoms with Crippen LogP contribution in [0.25, 0.3) is 0 Å². The van der Waals surface area contributed by atoms with Gasteiger partial charge >= 0.3 is 0 Å². The van der Waals surface area contributed by atoms with Crippen molar-refractivity contribution < 1.29 is 18.1 Å². The molecule has 1 atom stereocenters. The second-order valence-corrected chi connectivity index (χ2v) is 4.16. The van der Waals surface area contributed by atoms with Crippen LogP contribution in [0.5, 0.6) is 0 Å². The summed E-state index contributed by atoms with van der Waals surface area (Å²) in [6.45, 7) is 1.29. The van der Waals surface area contributed by atoms with Gasteiger partial charge in [0.25, 0.3) is 10.1 Å². The van der Waals surface area contributed by atoms with Gasteiger partial charge in [-0.3, -0.25) is 4.55 Å². The Morgan fingerprint density at radius 1 is 1.36 bits per heavy atom. The molecule has 5 heteroatoms. The predicted molar refractivity (Wildman–Crippen MR) is 41.9 cm³/mol. The number of rotatable bonds is 2. The van der Waals surface area contributed by atoms with E-state index >= 15 is 0 Å². The topological polar surface area (TPSA) is 74.6 Å². The Balaban J connectivity index is 0.000000271. The zero-order valence-electron chi connectivity index (χ0n) is 6.52. The number of hydrogen-bond acceptors (Lipinski definition) is 3. The van der Waals surface area contributed by atoms with Crippen LogP contribution in [-0.2, 0) is 10.1 Å². The molecule has 0 amide bonds. The SMILES string of the molecule is C1CC1.CC(O)CS(=O)(=O)O. The highest BCUT2D eigenvalue weighted by Crippen LogP contribution is 2.14. The Bertz CT molecular complexity index is 178. The number of hydrogen-bond donors (Lipinski definition) is 2. The molecule has 0 aromatic carbocycles. The molecule has 1 unspecified atom stereocenters. The van der Waals surface area contributed by atoms with Crippen LogP contribution in [0, 0.1) is 0 Å². The summed E-state index contributed by atoms with van der Waals surface area (Å²) in [5.41, 5.74) is 0. The maximum absolute atomic E-state index is 9.84. The van der Waals surface area contributed by atoms with Gasteiger partial charge in [0.1, 0.15) is 5.75 Å². The zero-order chi connectivity index (χ0) is 8.91. The summed E-state index contributed by atoms with van der Waals surface area (Å²) in [7, 11) is -3.97. The van der Waals surface area contributed by atoms with Crippen LogP contribution in [-0.4, -0.2) is 29.9 Å². The molecule has 0 radical (unpaired) electrons. The van der Waals surface area contributed by atoms with Crippen LogP contribution in [0.15, 0.2) is 0 Å². The van der Waals surface area contributed by atoms with Crippen molar-refractivity contribution in [1.82, 2.24) is 0 Å². The molecular formula is C6H14O4S. The van der Waals surface area contributed by atoms with Gasteiger partial charge in [-0.15, -0.1) is 0 Å². The smallest absolute Gasteiger partial charge is 0.267 e. The molecule has 0 heterocycles. The molecule has 0 aromatic rings. The third-order valence-corrected chi connectivity index (χ3v) is 1.71. The summed E-state index contributed by atoms with van der Waals surface area (Å²) in [5, 5.41) is 8.35. The number of aliphatic hydroxyl groups excluding tert-OH is 1. The molecule has 68 valence electrons. The molecule has 0 spiro atoms. The van der Waals surface area contributed by atoms with E-state index in [0.29, 0.717) is 0 Å². The van der Waals surface area contributed by atoms with Crippen LogP contribution >= 0.6 is 0 Å². The molecule has 0 saturated heterocycles. The average Bonchev–Trinajstić information content (AvgIpc) is 2.33. The molecule has 0 aromatic heterocycles. The summed E-state index contributed by atoms with van der Waals surface area (Å²) in [6.07, 6.45) is 3.50. The maximum atomic E-state index is 9.84. The first-order chi connectivity index (χ1) is 4.92. The molecule has 1 aliphatic carbocycles. The fraction of sp³-hybridized carbons (Fsp3) is 1.00. The standard InChI is InChI=1S/C3H8O4S.C3H6/c1-3(4)2-8(5,6)7;1-2-3-1/h3-4H,2H2,1H3,(H,5,6,7);1-3H2. The fourth-order valence-electron chi connectivity index (χ4n) is 0.305. The Kier molecular flexibility index (Phi) is 4.63. The first-order valence-corrected chi connectivity index (χ1v) is 5.16. The molecule has 4 nitrogen and oxygen atoms in total. The molecule has 1 saturated carbocycles. The monoisotopic (exact) mass is 182 g/mol. The van der Waals surface area contributed by atoms with Crippen molar-refractivity contribution in [2.75, 3.05) is 5.75 Å². The van der Waals surface area contributed by atoms with Gasteiger partial charge in [0.15, 0.2) is 0 Å². The second kappa shape index (κ2) is 4.69. The lowest BCUT2D eigenvalue weighted by Gasteiger charge is -1.97. The van der Waals surface area contributed by atoms with Crippen molar-refractivity contribution in [3.05, 3.63) is 0 Å². The molecule has 2 N–H and O–H groups in total. The van der Waals surface area contributed by atoms with Gasteiger partial charge in [-0.1, -0.05) is 19.3 Å². The summed E-state index contributed by atoms with van der Waals surface area (Å²) in [4.78, 5) is 0. The van der Waals surface area contributed by atoms with Crippen molar-refractivity contribution in [3.63, 3.8) is 0 Å². The minimum Gasteiger partial charge on any atom is -0.392 e. The minimum atomic E-state index is -3.97. The third-order valence-electron chi connectivity index (χ3n) is 0.805. The quantitative estimate of drug-likeness (QED) is 0.607. The van der Waals surface area contributed by atoms with Gasteiger partial charge in [0.05, 0.1) is 6.10 Å². The lowest BCUT2D eigenvalue weighted by atomic mass is 10.5. The molecule has 1 fully saturated rings. The van der Waals surface area contributed by atoms with Crippen molar-refractivity contribution in [1.29, 1.82) is 0 Å². The highest BCUT2D eigenvalue weighted by molar-refractivity contribution is 7.85. The van der Waals surface area contributed by atoms with E-state index in [1.165, 1.54) is 26.2 Å². The highest BCUT2D eigenvalue weighted by Gasteiger charge is 2.07. The Labute approximate surface area is 67.0 Å². The first-order valence-electron chi connectivity index (χ1n) is 3.55. The van der Waals surface area contributed by atoms with Crippen molar-refractivity contribution >= 4 is 10.1 Å². The van der Waals surface area contributed by atoms with Crippen molar-refractivity contribution in [3.8, 4) is 0 Å². The molecule has 11 heavy (non-hydrogen) atoms. The zero-order valence-corrected chi connectivity index (χ0v) is 7.34. The van der Waals surface area contributed by atoms with Gasteiger partial charge in [0, 0.05) is 0 Å². The van der Waals surface area contributed by atoms with Crippen LogP contribution in [0.4, 0.5) is 0 Å². The van der Waals surface area contributed by atoms with Crippen LogP contribution in [0.1, 0.15) is 26.2 Å². The van der Waals surface area contributed by atoms with Crippen molar-refractivity contribution in [2.45, 2.75) is 32.3 Å². The van der Waals surface area contributed by atoms with Gasteiger partial charge in [-0.25, -0.2) is 0 Å². The molecule has 0 bridgehead atoms. The molecule has 0 aliphatic heterocycles.